The van der Waals surface area contributed by atoms with E-state index in [1.165, 1.54) is 5.57 Å². The van der Waals surface area contributed by atoms with E-state index in [9.17, 15) is 0 Å². The van der Waals surface area contributed by atoms with Gasteiger partial charge in [-0.2, -0.15) is 0 Å². The third-order valence-electron chi connectivity index (χ3n) is 2.63. The lowest BCUT2D eigenvalue weighted by Crippen LogP contribution is -2.38. The molecule has 1 aliphatic rings. The van der Waals surface area contributed by atoms with Crippen molar-refractivity contribution in [2.24, 2.45) is 4.99 Å². The smallest absolute Gasteiger partial charge is 0.191 e. The Labute approximate surface area is 128 Å². The van der Waals surface area contributed by atoms with E-state index in [-0.39, 0.29) is 24.0 Å². The molecule has 1 heterocycles. The highest BCUT2D eigenvalue weighted by Crippen LogP contribution is 2.10. The maximum absolute atomic E-state index is 5.29. The molecule has 0 unspecified atom stereocenters. The van der Waals surface area contributed by atoms with Gasteiger partial charge in [0, 0.05) is 19.6 Å². The molecule has 0 fully saturated rings. The second-order valence-electron chi connectivity index (χ2n) is 4.12. The van der Waals surface area contributed by atoms with Crippen molar-refractivity contribution in [3.63, 3.8) is 0 Å². The van der Waals surface area contributed by atoms with Crippen LogP contribution in [-0.2, 0) is 4.74 Å². The zero-order valence-corrected chi connectivity index (χ0v) is 13.8. The number of aliphatic imine (C=N–C) groups is 1. The van der Waals surface area contributed by atoms with Crippen LogP contribution in [0.5, 0.6) is 0 Å². The van der Waals surface area contributed by atoms with Gasteiger partial charge in [0.2, 0.25) is 0 Å². The number of nitrogens with one attached hydrogen (secondary N) is 2. The van der Waals surface area contributed by atoms with Crippen molar-refractivity contribution in [2.45, 2.75) is 33.1 Å². The summed E-state index contributed by atoms with van der Waals surface area (Å²) in [7, 11) is 0. The van der Waals surface area contributed by atoms with Crippen LogP contribution in [0.1, 0.15) is 33.1 Å². The van der Waals surface area contributed by atoms with E-state index in [4.69, 9.17) is 4.74 Å². The number of hydrogen-bond acceptors (Lipinski definition) is 2. The van der Waals surface area contributed by atoms with Crippen molar-refractivity contribution in [3.05, 3.63) is 11.6 Å². The third-order valence-corrected chi connectivity index (χ3v) is 2.63. The van der Waals surface area contributed by atoms with Crippen molar-refractivity contribution in [2.75, 3.05) is 32.8 Å². The Kier molecular flexibility index (Phi) is 11.6. The van der Waals surface area contributed by atoms with E-state index >= 15 is 0 Å². The number of nitrogens with zero attached hydrogens (tertiary/aromatic N) is 1. The molecular weight excluding hydrogens is 341 g/mol. The predicted octanol–water partition coefficient (Wildman–Crippen LogP) is 2.31. The Hall–Kier alpha value is -0.300. The molecule has 0 aromatic rings. The van der Waals surface area contributed by atoms with Gasteiger partial charge in [-0.3, -0.25) is 4.99 Å². The summed E-state index contributed by atoms with van der Waals surface area (Å²) in [5.41, 5.74) is 1.50. The Balaban J connectivity index is 0.00000289. The number of halogens is 1. The molecule has 0 aliphatic carbocycles. The molecule has 0 amide bonds. The van der Waals surface area contributed by atoms with Crippen molar-refractivity contribution in [3.8, 4) is 0 Å². The molecule has 5 heteroatoms. The molecular formula is C13H26IN3O. The summed E-state index contributed by atoms with van der Waals surface area (Å²) in [5.74, 6) is 0.932. The van der Waals surface area contributed by atoms with Crippen LogP contribution in [0.2, 0.25) is 0 Å². The van der Waals surface area contributed by atoms with Gasteiger partial charge >= 0.3 is 0 Å². The first-order chi connectivity index (χ1) is 8.36. The van der Waals surface area contributed by atoms with Crippen molar-refractivity contribution < 1.29 is 4.74 Å². The van der Waals surface area contributed by atoms with Gasteiger partial charge in [-0.15, -0.1) is 24.0 Å². The van der Waals surface area contributed by atoms with Crippen LogP contribution >= 0.6 is 24.0 Å². The van der Waals surface area contributed by atoms with E-state index < -0.39 is 0 Å². The molecule has 4 nitrogen and oxygen atoms in total. The van der Waals surface area contributed by atoms with Crippen LogP contribution < -0.4 is 10.6 Å². The van der Waals surface area contributed by atoms with Gasteiger partial charge in [0.05, 0.1) is 13.2 Å². The molecule has 0 aromatic carbocycles. The van der Waals surface area contributed by atoms with Crippen LogP contribution in [0.4, 0.5) is 0 Å². The van der Waals surface area contributed by atoms with Crippen LogP contribution in [0, 0.1) is 0 Å². The maximum atomic E-state index is 5.29. The first-order valence-corrected chi connectivity index (χ1v) is 6.64. The highest BCUT2D eigenvalue weighted by atomic mass is 127. The first-order valence-electron chi connectivity index (χ1n) is 6.64. The second kappa shape index (κ2) is 11.8. The van der Waals surface area contributed by atoms with Gasteiger partial charge < -0.3 is 15.4 Å². The van der Waals surface area contributed by atoms with Crippen molar-refractivity contribution in [1.29, 1.82) is 0 Å². The van der Waals surface area contributed by atoms with Crippen LogP contribution in [0.3, 0.4) is 0 Å². The molecule has 0 saturated heterocycles. The molecule has 0 spiro atoms. The Morgan fingerprint density at radius 2 is 2.22 bits per heavy atom. The predicted molar refractivity (Wildman–Crippen MR) is 87.8 cm³/mol. The second-order valence-corrected chi connectivity index (χ2v) is 4.12. The Morgan fingerprint density at radius 1 is 1.39 bits per heavy atom. The maximum Gasteiger partial charge on any atom is 0.191 e. The van der Waals surface area contributed by atoms with Crippen LogP contribution in [-0.4, -0.2) is 38.8 Å². The number of hydrogen-bond donors (Lipinski definition) is 2. The molecule has 2 N–H and O–H groups in total. The average molecular weight is 367 g/mol. The zero-order valence-electron chi connectivity index (χ0n) is 11.5. The highest BCUT2D eigenvalue weighted by molar-refractivity contribution is 14.0. The minimum Gasteiger partial charge on any atom is -0.377 e. The average Bonchev–Trinajstić information content (AvgIpc) is 2.37. The fourth-order valence-corrected chi connectivity index (χ4v) is 1.70. The minimum atomic E-state index is 0. The monoisotopic (exact) mass is 367 g/mol. The van der Waals surface area contributed by atoms with E-state index in [1.807, 2.05) is 0 Å². The van der Waals surface area contributed by atoms with E-state index in [1.54, 1.807) is 0 Å². The normalized spacial score (nSPS) is 15.7. The fraction of sp³-hybridized carbons (Fsp3) is 0.769. The summed E-state index contributed by atoms with van der Waals surface area (Å²) in [6.45, 7) is 8.61. The molecule has 0 bridgehead atoms. The summed E-state index contributed by atoms with van der Waals surface area (Å²) >= 11 is 0. The lowest BCUT2D eigenvalue weighted by Gasteiger charge is -2.15. The number of rotatable bonds is 6. The topological polar surface area (TPSA) is 45.7 Å². The summed E-state index contributed by atoms with van der Waals surface area (Å²) < 4.78 is 5.29. The molecule has 0 aromatic heterocycles. The largest absolute Gasteiger partial charge is 0.377 e. The molecule has 106 valence electrons. The molecule has 1 aliphatic heterocycles. The van der Waals surface area contributed by atoms with Gasteiger partial charge in [-0.1, -0.05) is 18.6 Å². The minimum absolute atomic E-state index is 0. The van der Waals surface area contributed by atoms with E-state index in [0.29, 0.717) is 0 Å². The number of ether oxygens (including phenoxy) is 1. The third kappa shape index (κ3) is 7.92. The van der Waals surface area contributed by atoms with E-state index in [0.717, 1.165) is 58.1 Å². The summed E-state index contributed by atoms with van der Waals surface area (Å²) in [6, 6.07) is 0. The standard InChI is InChI=1S/C13H25N3O.HI/c1-3-8-15-13(14-4-2)16-9-5-12-6-10-17-11-7-12;/h6H,3-5,7-11H2,1-2H3,(H2,14,15,16);1H. The van der Waals surface area contributed by atoms with Crippen LogP contribution in [0.15, 0.2) is 16.6 Å². The van der Waals surface area contributed by atoms with Crippen molar-refractivity contribution in [1.82, 2.24) is 10.6 Å². The summed E-state index contributed by atoms with van der Waals surface area (Å²) in [4.78, 5) is 4.46. The Bertz CT molecular complexity index is 267. The zero-order chi connectivity index (χ0) is 12.3. The van der Waals surface area contributed by atoms with Gasteiger partial charge in [0.25, 0.3) is 0 Å². The quantitative estimate of drug-likeness (QED) is 0.328. The Morgan fingerprint density at radius 3 is 2.83 bits per heavy atom. The van der Waals surface area contributed by atoms with E-state index in [2.05, 4.69) is 35.5 Å². The first kappa shape index (κ1) is 17.7. The SMILES string of the molecule is CCCN=C(NCC)NCCC1=CCOCC1.I. The van der Waals surface area contributed by atoms with Gasteiger partial charge in [-0.25, -0.2) is 0 Å². The number of guanidine groups is 1. The van der Waals surface area contributed by atoms with Gasteiger partial charge in [-0.05, 0) is 26.2 Å². The van der Waals surface area contributed by atoms with Crippen molar-refractivity contribution >= 4 is 29.9 Å². The molecule has 0 atom stereocenters. The fourth-order valence-electron chi connectivity index (χ4n) is 1.70. The van der Waals surface area contributed by atoms with Crippen LogP contribution in [0.25, 0.3) is 0 Å². The molecule has 1 rings (SSSR count). The van der Waals surface area contributed by atoms with Gasteiger partial charge in [0.15, 0.2) is 5.96 Å². The molecule has 0 radical (unpaired) electrons. The lowest BCUT2D eigenvalue weighted by atomic mass is 10.1. The summed E-state index contributed by atoms with van der Waals surface area (Å²) in [5, 5.41) is 6.61. The lowest BCUT2D eigenvalue weighted by molar-refractivity contribution is 0.153. The highest BCUT2D eigenvalue weighted by Gasteiger charge is 2.03. The molecule has 0 saturated carbocycles. The van der Waals surface area contributed by atoms with Gasteiger partial charge in [0.1, 0.15) is 0 Å². The summed E-state index contributed by atoms with van der Waals surface area (Å²) in [6.07, 6.45) is 5.44. The molecule has 18 heavy (non-hydrogen) atoms.